The average molecular weight is 417 g/mol. The maximum absolute atomic E-state index is 12.4. The van der Waals surface area contributed by atoms with Gasteiger partial charge in [-0.25, -0.2) is 17.9 Å². The number of benzene rings is 2. The number of carbonyl (C=O) groups is 1. The van der Waals surface area contributed by atoms with Crippen LogP contribution in [0.15, 0.2) is 47.4 Å². The zero-order valence-corrected chi connectivity index (χ0v) is 16.9. The van der Waals surface area contributed by atoms with E-state index in [9.17, 15) is 13.2 Å². The number of rotatable bonds is 4. The third-order valence-electron chi connectivity index (χ3n) is 5.06. The lowest BCUT2D eigenvalue weighted by Crippen LogP contribution is -2.52. The third-order valence-corrected chi connectivity index (χ3v) is 6.39. The van der Waals surface area contributed by atoms with Gasteiger partial charge in [-0.2, -0.15) is 0 Å². The molecular weight excluding hydrogens is 394 g/mol. The number of urea groups is 1. The second kappa shape index (κ2) is 7.92. The predicted octanol–water partition coefficient (Wildman–Crippen LogP) is 1.94. The lowest BCUT2D eigenvalue weighted by molar-refractivity contribution is 0.138. The van der Waals surface area contributed by atoms with Gasteiger partial charge in [-0.05, 0) is 36.8 Å². The highest BCUT2D eigenvalue weighted by atomic mass is 32.2. The number of fused-ring (bicyclic) bond motifs is 1. The predicted molar refractivity (Wildman–Crippen MR) is 106 cm³/mol. The van der Waals surface area contributed by atoms with E-state index >= 15 is 0 Å². The summed E-state index contributed by atoms with van der Waals surface area (Å²) in [6.45, 7) is 5.09. The van der Waals surface area contributed by atoms with Crippen LogP contribution in [-0.2, 0) is 16.6 Å². The summed E-state index contributed by atoms with van der Waals surface area (Å²) in [4.78, 5) is 16.3. The Morgan fingerprint density at radius 1 is 1.00 bits per heavy atom. The zero-order chi connectivity index (χ0) is 20.4. The van der Waals surface area contributed by atoms with E-state index in [4.69, 9.17) is 9.47 Å². The molecule has 2 heterocycles. The molecule has 2 aromatic carbocycles. The Kier molecular flexibility index (Phi) is 5.33. The van der Waals surface area contributed by atoms with Crippen LogP contribution in [0.3, 0.4) is 0 Å². The summed E-state index contributed by atoms with van der Waals surface area (Å²) in [5.74, 6) is 1.51. The van der Waals surface area contributed by atoms with Crippen LogP contribution in [-0.4, -0.2) is 57.2 Å². The molecular formula is C20H23N3O5S. The molecule has 1 saturated heterocycles. The summed E-state index contributed by atoms with van der Waals surface area (Å²) >= 11 is 0. The van der Waals surface area contributed by atoms with Crippen molar-refractivity contribution in [1.29, 1.82) is 0 Å². The van der Waals surface area contributed by atoms with Gasteiger partial charge in [-0.1, -0.05) is 23.8 Å². The summed E-state index contributed by atoms with van der Waals surface area (Å²) in [7, 11) is -3.87. The minimum Gasteiger partial charge on any atom is -0.454 e. The molecule has 4 rings (SSSR count). The molecule has 29 heavy (non-hydrogen) atoms. The Morgan fingerprint density at radius 2 is 1.69 bits per heavy atom. The van der Waals surface area contributed by atoms with Gasteiger partial charge in [-0.15, -0.1) is 0 Å². The van der Waals surface area contributed by atoms with Crippen LogP contribution < -0.4 is 14.2 Å². The maximum Gasteiger partial charge on any atom is 0.331 e. The quantitative estimate of drug-likeness (QED) is 0.818. The molecule has 0 radical (unpaired) electrons. The standard InChI is InChI=1S/C20H23N3O5S/c1-15-2-5-17(6-3-15)29(25,26)21-20(24)23-10-8-22(9-11-23)13-16-4-7-18-19(12-16)28-14-27-18/h2-7,12H,8-11,13-14H2,1H3,(H,21,24). The number of hydrogen-bond acceptors (Lipinski definition) is 6. The van der Waals surface area contributed by atoms with Crippen molar-refractivity contribution in [2.45, 2.75) is 18.4 Å². The Morgan fingerprint density at radius 3 is 2.41 bits per heavy atom. The molecule has 0 spiro atoms. The van der Waals surface area contributed by atoms with Crippen molar-refractivity contribution in [2.24, 2.45) is 0 Å². The lowest BCUT2D eigenvalue weighted by atomic mass is 10.1. The van der Waals surface area contributed by atoms with Crippen LogP contribution in [0.1, 0.15) is 11.1 Å². The third kappa shape index (κ3) is 4.46. The van der Waals surface area contributed by atoms with E-state index < -0.39 is 16.1 Å². The van der Waals surface area contributed by atoms with Gasteiger partial charge in [0, 0.05) is 32.7 Å². The highest BCUT2D eigenvalue weighted by Gasteiger charge is 2.25. The summed E-state index contributed by atoms with van der Waals surface area (Å²) < 4.78 is 37.7. The molecule has 0 bridgehead atoms. The summed E-state index contributed by atoms with van der Waals surface area (Å²) in [5.41, 5.74) is 2.06. The Hall–Kier alpha value is -2.78. The lowest BCUT2D eigenvalue weighted by Gasteiger charge is -2.34. The molecule has 0 unspecified atom stereocenters. The highest BCUT2D eigenvalue weighted by molar-refractivity contribution is 7.90. The van der Waals surface area contributed by atoms with Crippen molar-refractivity contribution < 1.29 is 22.7 Å². The molecule has 0 atom stereocenters. The van der Waals surface area contributed by atoms with Gasteiger partial charge in [0.1, 0.15) is 0 Å². The van der Waals surface area contributed by atoms with Crippen molar-refractivity contribution in [3.63, 3.8) is 0 Å². The smallest absolute Gasteiger partial charge is 0.331 e. The zero-order valence-electron chi connectivity index (χ0n) is 16.1. The SMILES string of the molecule is Cc1ccc(S(=O)(=O)NC(=O)N2CCN(Cc3ccc4c(c3)OCO4)CC2)cc1. The Balaban J connectivity index is 1.31. The van der Waals surface area contributed by atoms with Crippen molar-refractivity contribution >= 4 is 16.1 Å². The summed E-state index contributed by atoms with van der Waals surface area (Å²) in [6, 6.07) is 11.7. The van der Waals surface area contributed by atoms with Crippen molar-refractivity contribution in [3.8, 4) is 11.5 Å². The molecule has 2 aliphatic heterocycles. The molecule has 9 heteroatoms. The number of nitrogens with one attached hydrogen (secondary N) is 1. The summed E-state index contributed by atoms with van der Waals surface area (Å²) in [6.07, 6.45) is 0. The molecule has 0 aromatic heterocycles. The van der Waals surface area contributed by atoms with Gasteiger partial charge in [0.2, 0.25) is 6.79 Å². The molecule has 1 N–H and O–H groups in total. The van der Waals surface area contributed by atoms with E-state index in [1.807, 2.05) is 25.1 Å². The van der Waals surface area contributed by atoms with Crippen LogP contribution >= 0.6 is 0 Å². The highest BCUT2D eigenvalue weighted by Crippen LogP contribution is 2.32. The number of hydrogen-bond donors (Lipinski definition) is 1. The summed E-state index contributed by atoms with van der Waals surface area (Å²) in [5, 5.41) is 0. The van der Waals surface area contributed by atoms with Crippen molar-refractivity contribution in [2.75, 3.05) is 33.0 Å². The van der Waals surface area contributed by atoms with Gasteiger partial charge < -0.3 is 14.4 Å². The molecule has 1 fully saturated rings. The van der Waals surface area contributed by atoms with E-state index in [0.717, 1.165) is 29.2 Å². The van der Waals surface area contributed by atoms with E-state index in [-0.39, 0.29) is 11.7 Å². The van der Waals surface area contributed by atoms with Crippen LogP contribution in [0.4, 0.5) is 4.79 Å². The Labute approximate surface area is 170 Å². The molecule has 0 aliphatic carbocycles. The first-order chi connectivity index (χ1) is 13.9. The average Bonchev–Trinajstić information content (AvgIpc) is 3.16. The largest absolute Gasteiger partial charge is 0.454 e. The number of nitrogens with zero attached hydrogens (tertiary/aromatic N) is 2. The monoisotopic (exact) mass is 417 g/mol. The van der Waals surface area contributed by atoms with E-state index in [0.29, 0.717) is 26.2 Å². The van der Waals surface area contributed by atoms with Crippen LogP contribution in [0.25, 0.3) is 0 Å². The molecule has 154 valence electrons. The first kappa shape index (κ1) is 19.5. The van der Waals surface area contributed by atoms with Crippen LogP contribution in [0.5, 0.6) is 11.5 Å². The van der Waals surface area contributed by atoms with E-state index in [2.05, 4.69) is 9.62 Å². The van der Waals surface area contributed by atoms with Crippen LogP contribution in [0.2, 0.25) is 0 Å². The normalized spacial score (nSPS) is 16.7. The van der Waals surface area contributed by atoms with Crippen LogP contribution in [0, 0.1) is 6.92 Å². The number of aryl methyl sites for hydroxylation is 1. The van der Waals surface area contributed by atoms with Crippen molar-refractivity contribution in [3.05, 3.63) is 53.6 Å². The first-order valence-corrected chi connectivity index (χ1v) is 10.9. The Bertz CT molecular complexity index is 999. The molecule has 0 saturated carbocycles. The maximum atomic E-state index is 12.4. The first-order valence-electron chi connectivity index (χ1n) is 9.40. The topological polar surface area (TPSA) is 88.2 Å². The number of carbonyl (C=O) groups excluding carboxylic acids is 1. The van der Waals surface area contributed by atoms with Crippen molar-refractivity contribution in [1.82, 2.24) is 14.5 Å². The van der Waals surface area contributed by atoms with E-state index in [1.165, 1.54) is 17.0 Å². The van der Waals surface area contributed by atoms with Gasteiger partial charge >= 0.3 is 6.03 Å². The molecule has 2 amide bonds. The minimum atomic E-state index is -3.87. The fraction of sp³-hybridized carbons (Fsp3) is 0.350. The van der Waals surface area contributed by atoms with Gasteiger partial charge in [-0.3, -0.25) is 4.90 Å². The molecule has 2 aliphatic rings. The van der Waals surface area contributed by atoms with Gasteiger partial charge in [0.25, 0.3) is 10.0 Å². The van der Waals surface area contributed by atoms with E-state index in [1.54, 1.807) is 12.1 Å². The fourth-order valence-electron chi connectivity index (χ4n) is 3.36. The fourth-order valence-corrected chi connectivity index (χ4v) is 4.33. The number of amides is 2. The minimum absolute atomic E-state index is 0.0814. The van der Waals surface area contributed by atoms with Gasteiger partial charge in [0.15, 0.2) is 11.5 Å². The van der Waals surface area contributed by atoms with Gasteiger partial charge in [0.05, 0.1) is 4.90 Å². The second-order valence-corrected chi connectivity index (χ2v) is 8.86. The molecule has 2 aromatic rings. The second-order valence-electron chi connectivity index (χ2n) is 7.17. The molecule has 8 nitrogen and oxygen atoms in total. The number of piperazine rings is 1. The number of ether oxygens (including phenoxy) is 2. The number of sulfonamides is 1.